The molecule has 2 rings (SSSR count). The zero-order chi connectivity index (χ0) is 14.9. The first kappa shape index (κ1) is 14.5. The molecule has 5 heteroatoms. The van der Waals surface area contributed by atoms with Crippen LogP contribution < -0.4 is 0 Å². The van der Waals surface area contributed by atoms with Crippen molar-refractivity contribution in [1.82, 2.24) is 4.98 Å². The van der Waals surface area contributed by atoms with Crippen molar-refractivity contribution in [3.63, 3.8) is 0 Å². The average molecular weight is 291 g/mol. The summed E-state index contributed by atoms with van der Waals surface area (Å²) >= 11 is 0. The number of aromatic nitrogens is 1. The van der Waals surface area contributed by atoms with Crippen molar-refractivity contribution in [1.29, 1.82) is 0 Å². The normalized spacial score (nSPS) is 11.8. The van der Waals surface area contributed by atoms with E-state index in [0.717, 1.165) is 11.8 Å². The molecule has 0 aliphatic carbocycles. The Labute approximate surface area is 118 Å². The topological polar surface area (TPSA) is 67.0 Å². The van der Waals surface area contributed by atoms with Crippen molar-refractivity contribution < 1.29 is 13.2 Å². The van der Waals surface area contributed by atoms with Crippen LogP contribution in [0.15, 0.2) is 41.4 Å². The number of sulfone groups is 1. The summed E-state index contributed by atoms with van der Waals surface area (Å²) in [4.78, 5) is 15.2. The molecule has 0 aliphatic rings. The minimum Gasteiger partial charge on any atom is -0.343 e. The molecule has 20 heavy (non-hydrogen) atoms. The summed E-state index contributed by atoms with van der Waals surface area (Å²) in [6, 6.07) is 10.4. The number of aromatic amines is 1. The van der Waals surface area contributed by atoms with Gasteiger partial charge in [-0.05, 0) is 17.5 Å². The molecule has 1 heterocycles. The first-order valence-electron chi connectivity index (χ1n) is 6.33. The van der Waals surface area contributed by atoms with Gasteiger partial charge in [0.25, 0.3) is 0 Å². The van der Waals surface area contributed by atoms with Crippen LogP contribution in [-0.2, 0) is 9.84 Å². The molecule has 4 nitrogen and oxygen atoms in total. The van der Waals surface area contributed by atoms with E-state index < -0.39 is 9.84 Å². The van der Waals surface area contributed by atoms with Crippen molar-refractivity contribution in [3.8, 4) is 0 Å². The summed E-state index contributed by atoms with van der Waals surface area (Å²) < 4.78 is 23.3. The highest BCUT2D eigenvalue weighted by atomic mass is 32.2. The summed E-state index contributed by atoms with van der Waals surface area (Å²) in [5.74, 6) is -0.131. The van der Waals surface area contributed by atoms with Crippen LogP contribution in [0, 0.1) is 0 Å². The molecular weight excluding hydrogens is 274 g/mol. The molecule has 0 bridgehead atoms. The average Bonchev–Trinajstić information content (AvgIpc) is 2.84. The number of ketones is 1. The number of rotatable bonds is 4. The molecule has 2 aromatic rings. The number of hydrogen-bond donors (Lipinski definition) is 1. The summed E-state index contributed by atoms with van der Waals surface area (Å²) in [6.45, 7) is 3.86. The predicted molar refractivity (Wildman–Crippen MR) is 77.9 cm³/mol. The van der Waals surface area contributed by atoms with Crippen molar-refractivity contribution in [2.75, 3.05) is 6.26 Å². The van der Waals surface area contributed by atoms with Crippen LogP contribution in [0.3, 0.4) is 0 Å². The predicted octanol–water partition coefficient (Wildman–Crippen LogP) is 2.77. The highest BCUT2D eigenvalue weighted by Gasteiger charge is 2.22. The number of benzene rings is 1. The lowest BCUT2D eigenvalue weighted by Gasteiger charge is -2.06. The molecular formula is C15H17NO3S. The lowest BCUT2D eigenvalue weighted by molar-refractivity contribution is 0.103. The summed E-state index contributed by atoms with van der Waals surface area (Å²) in [5, 5.41) is 0.0838. The number of nitrogens with one attached hydrogen (secondary N) is 1. The molecule has 0 saturated heterocycles. The Morgan fingerprint density at radius 3 is 2.25 bits per heavy atom. The summed E-state index contributed by atoms with van der Waals surface area (Å²) in [6.07, 6.45) is 1.12. The van der Waals surface area contributed by atoms with E-state index in [2.05, 4.69) is 4.98 Å². The second kappa shape index (κ2) is 5.25. The maximum atomic E-state index is 12.5. The van der Waals surface area contributed by atoms with Crippen LogP contribution in [0.2, 0.25) is 0 Å². The van der Waals surface area contributed by atoms with Crippen LogP contribution in [0.5, 0.6) is 0 Å². The second-order valence-corrected chi connectivity index (χ2v) is 7.07. The van der Waals surface area contributed by atoms with E-state index >= 15 is 0 Å². The monoisotopic (exact) mass is 291 g/mol. The van der Waals surface area contributed by atoms with Gasteiger partial charge in [-0.1, -0.05) is 44.2 Å². The highest BCUT2D eigenvalue weighted by molar-refractivity contribution is 7.90. The Morgan fingerprint density at radius 1 is 1.15 bits per heavy atom. The first-order chi connectivity index (χ1) is 9.30. The molecule has 1 aromatic heterocycles. The van der Waals surface area contributed by atoms with Crippen molar-refractivity contribution in [3.05, 3.63) is 53.2 Å². The Hall–Kier alpha value is -1.88. The molecule has 0 spiro atoms. The molecule has 0 saturated carbocycles. The van der Waals surface area contributed by atoms with Crippen LogP contribution >= 0.6 is 0 Å². The fraction of sp³-hybridized carbons (Fsp3) is 0.267. The van der Waals surface area contributed by atoms with Crippen LogP contribution in [0.1, 0.15) is 41.4 Å². The third-order valence-electron chi connectivity index (χ3n) is 3.11. The van der Waals surface area contributed by atoms with Crippen molar-refractivity contribution in [2.24, 2.45) is 0 Å². The van der Waals surface area contributed by atoms with Gasteiger partial charge in [0.2, 0.25) is 5.78 Å². The zero-order valence-electron chi connectivity index (χ0n) is 11.7. The van der Waals surface area contributed by atoms with Gasteiger partial charge in [0, 0.05) is 11.8 Å². The van der Waals surface area contributed by atoms with Gasteiger partial charge >= 0.3 is 0 Å². The van der Waals surface area contributed by atoms with Crippen LogP contribution in [0.25, 0.3) is 0 Å². The molecule has 0 fully saturated rings. The van der Waals surface area contributed by atoms with E-state index in [0.29, 0.717) is 11.3 Å². The number of hydrogen-bond acceptors (Lipinski definition) is 3. The number of carbonyl (C=O) groups is 1. The molecule has 0 unspecified atom stereocenters. The Balaban J connectivity index is 2.56. The van der Waals surface area contributed by atoms with E-state index in [-0.39, 0.29) is 16.7 Å². The minimum absolute atomic E-state index is 0.0596. The zero-order valence-corrected chi connectivity index (χ0v) is 12.5. The number of H-pyrrole nitrogens is 1. The van der Waals surface area contributed by atoms with Gasteiger partial charge in [-0.15, -0.1) is 0 Å². The maximum Gasteiger partial charge on any atom is 0.209 e. The molecule has 1 N–H and O–H groups in total. The number of carbonyl (C=O) groups excluding carboxylic acids is 1. The van der Waals surface area contributed by atoms with Gasteiger partial charge in [-0.25, -0.2) is 8.42 Å². The molecule has 0 aliphatic heterocycles. The van der Waals surface area contributed by atoms with Crippen LogP contribution in [-0.4, -0.2) is 25.4 Å². The molecule has 106 valence electrons. The minimum atomic E-state index is -3.36. The van der Waals surface area contributed by atoms with E-state index in [4.69, 9.17) is 0 Å². The van der Waals surface area contributed by atoms with Crippen molar-refractivity contribution in [2.45, 2.75) is 24.8 Å². The summed E-state index contributed by atoms with van der Waals surface area (Å²) in [7, 11) is -3.36. The molecule has 0 radical (unpaired) electrons. The quantitative estimate of drug-likeness (QED) is 0.881. The van der Waals surface area contributed by atoms with Gasteiger partial charge in [0.15, 0.2) is 9.84 Å². The third-order valence-corrected chi connectivity index (χ3v) is 4.13. The van der Waals surface area contributed by atoms with E-state index in [1.165, 1.54) is 0 Å². The lowest BCUT2D eigenvalue weighted by atomic mass is 9.99. The highest BCUT2D eigenvalue weighted by Crippen LogP contribution is 2.25. The molecule has 0 amide bonds. The van der Waals surface area contributed by atoms with Crippen LogP contribution in [0.4, 0.5) is 0 Å². The SMILES string of the molecule is CC(C)c1cc(S(C)(=O)=O)[nH]c1C(=O)c1ccccc1. The molecule has 1 aromatic carbocycles. The smallest absolute Gasteiger partial charge is 0.209 e. The Kier molecular flexibility index (Phi) is 3.81. The summed E-state index contributed by atoms with van der Waals surface area (Å²) in [5.41, 5.74) is 1.61. The maximum absolute atomic E-state index is 12.5. The van der Waals surface area contributed by atoms with Gasteiger partial charge in [-0.3, -0.25) is 4.79 Å². The standard InChI is InChI=1S/C15H17NO3S/c1-10(2)12-9-13(20(3,18)19)16-14(12)15(17)11-7-5-4-6-8-11/h4-10,16H,1-3H3. The lowest BCUT2D eigenvalue weighted by Crippen LogP contribution is -2.06. The van der Waals surface area contributed by atoms with Crippen molar-refractivity contribution >= 4 is 15.6 Å². The van der Waals surface area contributed by atoms with Gasteiger partial charge in [0.1, 0.15) is 5.03 Å². The molecule has 0 atom stereocenters. The fourth-order valence-electron chi connectivity index (χ4n) is 2.02. The van der Waals surface area contributed by atoms with E-state index in [1.54, 1.807) is 30.3 Å². The van der Waals surface area contributed by atoms with E-state index in [1.807, 2.05) is 19.9 Å². The fourth-order valence-corrected chi connectivity index (χ4v) is 2.65. The van der Waals surface area contributed by atoms with E-state index in [9.17, 15) is 13.2 Å². The van der Waals surface area contributed by atoms with Gasteiger partial charge in [-0.2, -0.15) is 0 Å². The Bertz CT molecular complexity index is 728. The second-order valence-electron chi connectivity index (χ2n) is 5.09. The Morgan fingerprint density at radius 2 is 1.75 bits per heavy atom. The third kappa shape index (κ3) is 2.82. The largest absolute Gasteiger partial charge is 0.343 e. The van der Waals surface area contributed by atoms with Gasteiger partial charge in [0.05, 0.1) is 5.69 Å². The van der Waals surface area contributed by atoms with Gasteiger partial charge < -0.3 is 4.98 Å². The first-order valence-corrected chi connectivity index (χ1v) is 8.22.